The second-order valence-corrected chi connectivity index (χ2v) is 8.23. The molecule has 2 aliphatic heterocycles. The number of aryl methyl sites for hydroxylation is 1. The molecule has 1 amide bonds. The van der Waals surface area contributed by atoms with Gasteiger partial charge in [-0.25, -0.2) is 0 Å². The molecular weight excluding hydrogens is 416 g/mol. The van der Waals surface area contributed by atoms with Crippen LogP contribution in [0.5, 0.6) is 11.5 Å². The molecule has 1 atom stereocenters. The number of benzene rings is 2. The summed E-state index contributed by atoms with van der Waals surface area (Å²) in [6.07, 6.45) is 1.94. The van der Waals surface area contributed by atoms with Crippen LogP contribution in [0.25, 0.3) is 0 Å². The van der Waals surface area contributed by atoms with Crippen LogP contribution < -0.4 is 14.8 Å². The van der Waals surface area contributed by atoms with Gasteiger partial charge in [0.05, 0.1) is 32.5 Å². The van der Waals surface area contributed by atoms with Crippen molar-refractivity contribution in [2.75, 3.05) is 46.1 Å². The first-order valence-electron chi connectivity index (χ1n) is 10.9. The predicted octanol–water partition coefficient (Wildman–Crippen LogP) is 3.62. The van der Waals surface area contributed by atoms with Gasteiger partial charge in [0.1, 0.15) is 0 Å². The summed E-state index contributed by atoms with van der Waals surface area (Å²) in [5.74, 6) is 1.57. The molecule has 0 aromatic heterocycles. The average Bonchev–Trinajstić information content (AvgIpc) is 3.04. The molecule has 2 aromatic rings. The third-order valence-corrected chi connectivity index (χ3v) is 6.04. The highest BCUT2D eigenvalue weighted by Crippen LogP contribution is 2.31. The summed E-state index contributed by atoms with van der Waals surface area (Å²) in [6.45, 7) is 4.88. The summed E-state index contributed by atoms with van der Waals surface area (Å²) in [4.78, 5) is 14.9. The number of ether oxygens (including phenoxy) is 3. The number of fused-ring (bicyclic) bond motifs is 1. The monoisotopic (exact) mass is 444 g/mol. The highest BCUT2D eigenvalue weighted by atomic mass is 35.5. The summed E-state index contributed by atoms with van der Waals surface area (Å²) >= 11 is 6.47. The summed E-state index contributed by atoms with van der Waals surface area (Å²) < 4.78 is 16.9. The molecule has 1 unspecified atom stereocenters. The molecule has 2 aliphatic rings. The highest BCUT2D eigenvalue weighted by Gasteiger charge is 2.24. The van der Waals surface area contributed by atoms with Crippen LogP contribution in [0.1, 0.15) is 30.0 Å². The second kappa shape index (κ2) is 10.8. The smallest absolute Gasteiger partial charge is 0.220 e. The maximum absolute atomic E-state index is 12.6. The fourth-order valence-corrected chi connectivity index (χ4v) is 4.25. The molecule has 0 spiro atoms. The minimum Gasteiger partial charge on any atom is -0.490 e. The topological polar surface area (TPSA) is 60.0 Å². The van der Waals surface area contributed by atoms with Gasteiger partial charge in [0.2, 0.25) is 5.91 Å². The summed E-state index contributed by atoms with van der Waals surface area (Å²) in [7, 11) is 0. The van der Waals surface area contributed by atoms with Gasteiger partial charge in [-0.2, -0.15) is 0 Å². The first kappa shape index (κ1) is 21.9. The quantitative estimate of drug-likeness (QED) is 0.706. The van der Waals surface area contributed by atoms with Crippen molar-refractivity contribution in [3.8, 4) is 11.5 Å². The van der Waals surface area contributed by atoms with E-state index in [2.05, 4.69) is 10.2 Å². The minimum absolute atomic E-state index is 0.0254. The van der Waals surface area contributed by atoms with Crippen LogP contribution in [0.2, 0.25) is 5.02 Å². The third-order valence-electron chi connectivity index (χ3n) is 5.70. The number of amides is 1. The van der Waals surface area contributed by atoms with Gasteiger partial charge in [-0.15, -0.1) is 0 Å². The van der Waals surface area contributed by atoms with Crippen molar-refractivity contribution in [3.05, 3.63) is 58.6 Å². The summed E-state index contributed by atoms with van der Waals surface area (Å²) in [5, 5.41) is 3.83. The lowest BCUT2D eigenvalue weighted by atomic mass is 10.0. The number of hydrogen-bond donors (Lipinski definition) is 1. The number of nitrogens with zero attached hydrogens (tertiary/aromatic N) is 1. The van der Waals surface area contributed by atoms with Gasteiger partial charge < -0.3 is 19.5 Å². The number of halogens is 1. The normalized spacial score (nSPS) is 17.6. The van der Waals surface area contributed by atoms with E-state index in [0.29, 0.717) is 45.8 Å². The molecule has 1 N–H and O–H groups in total. The Labute approximate surface area is 188 Å². The fraction of sp³-hybridized carbons (Fsp3) is 0.458. The standard InChI is InChI=1S/C24H29ClN2O4/c25-20-5-2-1-4-19(20)21(27-10-14-29-15-11-27)17-26-24(28)9-7-18-6-8-22-23(16-18)31-13-3-12-30-22/h1-2,4-6,8,16,21H,3,7,9-15,17H2,(H,26,28). The lowest BCUT2D eigenvalue weighted by Gasteiger charge is -2.35. The Morgan fingerprint density at radius 1 is 1.03 bits per heavy atom. The Kier molecular flexibility index (Phi) is 7.67. The van der Waals surface area contributed by atoms with Gasteiger partial charge in [0.15, 0.2) is 11.5 Å². The maximum Gasteiger partial charge on any atom is 0.220 e. The lowest BCUT2D eigenvalue weighted by molar-refractivity contribution is -0.121. The molecule has 4 rings (SSSR count). The van der Waals surface area contributed by atoms with Crippen LogP contribution in [-0.4, -0.2) is 56.9 Å². The molecule has 1 fully saturated rings. The molecule has 0 bridgehead atoms. The second-order valence-electron chi connectivity index (χ2n) is 7.82. The molecule has 2 aromatic carbocycles. The molecule has 0 saturated carbocycles. The van der Waals surface area contributed by atoms with Gasteiger partial charge in [-0.05, 0) is 35.7 Å². The van der Waals surface area contributed by atoms with E-state index in [9.17, 15) is 4.79 Å². The Morgan fingerprint density at radius 3 is 2.61 bits per heavy atom. The van der Waals surface area contributed by atoms with E-state index in [-0.39, 0.29) is 11.9 Å². The lowest BCUT2D eigenvalue weighted by Crippen LogP contribution is -2.44. The third kappa shape index (κ3) is 5.91. The van der Waals surface area contributed by atoms with Crippen LogP contribution in [0.3, 0.4) is 0 Å². The maximum atomic E-state index is 12.6. The Balaban J connectivity index is 1.34. The van der Waals surface area contributed by atoms with Gasteiger partial charge in [-0.3, -0.25) is 9.69 Å². The number of carbonyl (C=O) groups is 1. The molecule has 1 saturated heterocycles. The number of carbonyl (C=O) groups excluding carboxylic acids is 1. The van der Waals surface area contributed by atoms with Crippen molar-refractivity contribution in [3.63, 3.8) is 0 Å². The SMILES string of the molecule is O=C(CCc1ccc2c(c1)OCCCO2)NCC(c1ccccc1Cl)N1CCOCC1. The van der Waals surface area contributed by atoms with E-state index in [1.165, 1.54) is 0 Å². The van der Waals surface area contributed by atoms with Crippen molar-refractivity contribution in [1.82, 2.24) is 10.2 Å². The molecule has 2 heterocycles. The number of nitrogens with one attached hydrogen (secondary N) is 1. The first-order valence-corrected chi connectivity index (χ1v) is 11.3. The van der Waals surface area contributed by atoms with Gasteiger partial charge in [-0.1, -0.05) is 35.9 Å². The van der Waals surface area contributed by atoms with Crippen molar-refractivity contribution < 1.29 is 19.0 Å². The van der Waals surface area contributed by atoms with E-state index in [0.717, 1.165) is 47.2 Å². The zero-order valence-electron chi connectivity index (χ0n) is 17.6. The Hall–Kier alpha value is -2.28. The van der Waals surface area contributed by atoms with Crippen molar-refractivity contribution in [1.29, 1.82) is 0 Å². The zero-order valence-corrected chi connectivity index (χ0v) is 18.4. The van der Waals surface area contributed by atoms with Gasteiger partial charge in [0, 0.05) is 37.5 Å². The van der Waals surface area contributed by atoms with Gasteiger partial charge >= 0.3 is 0 Å². The molecule has 166 valence electrons. The number of morpholine rings is 1. The molecule has 0 radical (unpaired) electrons. The van der Waals surface area contributed by atoms with E-state index < -0.39 is 0 Å². The number of rotatable bonds is 7. The minimum atomic E-state index is 0.0254. The zero-order chi connectivity index (χ0) is 21.5. The van der Waals surface area contributed by atoms with Crippen LogP contribution in [-0.2, 0) is 16.0 Å². The Morgan fingerprint density at radius 2 is 1.81 bits per heavy atom. The molecule has 31 heavy (non-hydrogen) atoms. The van der Waals surface area contributed by atoms with Gasteiger partial charge in [0.25, 0.3) is 0 Å². The molecular formula is C24H29ClN2O4. The van der Waals surface area contributed by atoms with E-state index in [1.807, 2.05) is 42.5 Å². The van der Waals surface area contributed by atoms with E-state index in [4.69, 9.17) is 25.8 Å². The highest BCUT2D eigenvalue weighted by molar-refractivity contribution is 6.31. The summed E-state index contributed by atoms with van der Waals surface area (Å²) in [5.41, 5.74) is 2.10. The summed E-state index contributed by atoms with van der Waals surface area (Å²) in [6, 6.07) is 13.8. The van der Waals surface area contributed by atoms with Crippen LogP contribution in [0.4, 0.5) is 0 Å². The first-order chi connectivity index (χ1) is 15.2. The van der Waals surface area contributed by atoms with Crippen LogP contribution in [0.15, 0.2) is 42.5 Å². The predicted molar refractivity (Wildman–Crippen MR) is 120 cm³/mol. The average molecular weight is 445 g/mol. The molecule has 7 heteroatoms. The van der Waals surface area contributed by atoms with E-state index >= 15 is 0 Å². The van der Waals surface area contributed by atoms with Crippen molar-refractivity contribution in [2.24, 2.45) is 0 Å². The fourth-order valence-electron chi connectivity index (χ4n) is 3.99. The molecule has 6 nitrogen and oxygen atoms in total. The Bertz CT molecular complexity index is 886. The molecule has 0 aliphatic carbocycles. The van der Waals surface area contributed by atoms with Crippen LogP contribution in [0, 0.1) is 0 Å². The van der Waals surface area contributed by atoms with Crippen LogP contribution >= 0.6 is 11.6 Å². The number of hydrogen-bond acceptors (Lipinski definition) is 5. The van der Waals surface area contributed by atoms with Crippen molar-refractivity contribution >= 4 is 17.5 Å². The van der Waals surface area contributed by atoms with E-state index in [1.54, 1.807) is 0 Å². The largest absolute Gasteiger partial charge is 0.490 e. The van der Waals surface area contributed by atoms with Crippen molar-refractivity contribution in [2.45, 2.75) is 25.3 Å².